The van der Waals surface area contributed by atoms with Crippen LogP contribution in [0.2, 0.25) is 0 Å². The third-order valence-electron chi connectivity index (χ3n) is 1.70. The fraction of sp³-hybridized carbons (Fsp3) is 0.286. The van der Waals surface area contributed by atoms with E-state index in [0.29, 0.717) is 0 Å². The third kappa shape index (κ3) is 1.74. The predicted octanol–water partition coefficient (Wildman–Crippen LogP) is 1.30. The van der Waals surface area contributed by atoms with Crippen molar-refractivity contribution >= 4 is 22.9 Å². The second-order valence-electron chi connectivity index (χ2n) is 2.45. The van der Waals surface area contributed by atoms with Crippen molar-refractivity contribution in [3.63, 3.8) is 0 Å². The molecule has 2 heterocycles. The average molecular weight is 212 g/mol. The van der Waals surface area contributed by atoms with Gasteiger partial charge in [0.1, 0.15) is 0 Å². The van der Waals surface area contributed by atoms with Crippen molar-refractivity contribution in [2.75, 3.05) is 7.05 Å². The van der Waals surface area contributed by atoms with Crippen LogP contribution >= 0.6 is 22.9 Å². The molecule has 0 saturated carbocycles. The van der Waals surface area contributed by atoms with E-state index in [0.717, 1.165) is 10.6 Å². The topological polar surface area (TPSA) is 50.7 Å². The first-order chi connectivity index (χ1) is 6.42. The van der Waals surface area contributed by atoms with Gasteiger partial charge >= 0.3 is 0 Å². The molecular weight excluding hydrogens is 204 g/mol. The summed E-state index contributed by atoms with van der Waals surface area (Å²) in [6, 6.07) is 0.131. The van der Waals surface area contributed by atoms with Gasteiger partial charge in [0.15, 0.2) is 0 Å². The van der Waals surface area contributed by atoms with E-state index in [1.807, 2.05) is 17.9 Å². The molecule has 2 aromatic heterocycles. The van der Waals surface area contributed by atoms with Crippen LogP contribution in [0.25, 0.3) is 0 Å². The quantitative estimate of drug-likeness (QED) is 0.833. The minimum Gasteiger partial charge on any atom is -0.307 e. The van der Waals surface area contributed by atoms with Crippen molar-refractivity contribution < 1.29 is 0 Å². The Kier molecular flexibility index (Phi) is 2.62. The summed E-state index contributed by atoms with van der Waals surface area (Å²) in [5.41, 5.74) is 2.85. The highest BCUT2D eigenvalue weighted by Crippen LogP contribution is 2.22. The van der Waals surface area contributed by atoms with E-state index >= 15 is 0 Å². The molecule has 4 nitrogen and oxygen atoms in total. The normalized spacial score (nSPS) is 13.0. The van der Waals surface area contributed by atoms with E-state index in [2.05, 4.69) is 19.9 Å². The SMILES string of the molecule is CNC(c1cscn1)c1cnns1. The molecule has 0 saturated heterocycles. The number of aromatic nitrogens is 3. The van der Waals surface area contributed by atoms with Crippen LogP contribution < -0.4 is 5.32 Å². The Bertz CT molecular complexity index is 308. The van der Waals surface area contributed by atoms with Gasteiger partial charge in [-0.2, -0.15) is 0 Å². The van der Waals surface area contributed by atoms with E-state index in [1.165, 1.54) is 11.5 Å². The molecule has 68 valence electrons. The summed E-state index contributed by atoms with van der Waals surface area (Å²) in [5.74, 6) is 0. The molecule has 0 radical (unpaired) electrons. The van der Waals surface area contributed by atoms with Crippen molar-refractivity contribution in [3.8, 4) is 0 Å². The molecule has 0 aromatic carbocycles. The molecule has 0 fully saturated rings. The van der Waals surface area contributed by atoms with Gasteiger partial charge in [-0.05, 0) is 18.6 Å². The molecule has 1 atom stereocenters. The Labute approximate surface area is 83.8 Å². The van der Waals surface area contributed by atoms with Gasteiger partial charge in [0.25, 0.3) is 0 Å². The van der Waals surface area contributed by atoms with E-state index in [9.17, 15) is 0 Å². The van der Waals surface area contributed by atoms with Gasteiger partial charge in [0, 0.05) is 5.38 Å². The zero-order valence-electron chi connectivity index (χ0n) is 6.97. The lowest BCUT2D eigenvalue weighted by Gasteiger charge is -2.09. The number of rotatable bonds is 3. The first kappa shape index (κ1) is 8.74. The van der Waals surface area contributed by atoms with Gasteiger partial charge < -0.3 is 5.32 Å². The van der Waals surface area contributed by atoms with Crippen molar-refractivity contribution in [3.05, 3.63) is 27.7 Å². The zero-order valence-corrected chi connectivity index (χ0v) is 8.60. The molecule has 0 aliphatic heterocycles. The molecular formula is C7H8N4S2. The number of nitrogens with one attached hydrogen (secondary N) is 1. The maximum absolute atomic E-state index is 4.25. The van der Waals surface area contributed by atoms with Gasteiger partial charge in [0.2, 0.25) is 0 Å². The number of nitrogens with zero attached hydrogens (tertiary/aromatic N) is 3. The molecule has 2 rings (SSSR count). The van der Waals surface area contributed by atoms with Gasteiger partial charge in [-0.15, -0.1) is 16.4 Å². The molecule has 0 bridgehead atoms. The summed E-state index contributed by atoms with van der Waals surface area (Å²) in [4.78, 5) is 5.34. The van der Waals surface area contributed by atoms with Crippen molar-refractivity contribution in [2.45, 2.75) is 6.04 Å². The fourth-order valence-corrected chi connectivity index (χ4v) is 2.31. The monoisotopic (exact) mass is 212 g/mol. The van der Waals surface area contributed by atoms with E-state index in [1.54, 1.807) is 17.5 Å². The molecule has 1 N–H and O–H groups in total. The second-order valence-corrected chi connectivity index (χ2v) is 3.99. The van der Waals surface area contributed by atoms with Crippen LogP contribution in [0, 0.1) is 0 Å². The van der Waals surface area contributed by atoms with Crippen LogP contribution in [0.15, 0.2) is 17.1 Å². The van der Waals surface area contributed by atoms with Crippen LogP contribution in [0.1, 0.15) is 16.6 Å². The summed E-state index contributed by atoms with van der Waals surface area (Å²) in [7, 11) is 1.91. The molecule has 0 aliphatic rings. The largest absolute Gasteiger partial charge is 0.307 e. The zero-order chi connectivity index (χ0) is 9.10. The molecule has 0 aliphatic carbocycles. The highest BCUT2D eigenvalue weighted by molar-refractivity contribution is 7.07. The van der Waals surface area contributed by atoms with E-state index in [-0.39, 0.29) is 6.04 Å². The van der Waals surface area contributed by atoms with Gasteiger partial charge in [-0.1, -0.05) is 4.49 Å². The highest BCUT2D eigenvalue weighted by Gasteiger charge is 2.15. The maximum Gasteiger partial charge on any atom is 0.0883 e. The van der Waals surface area contributed by atoms with Crippen molar-refractivity contribution in [1.82, 2.24) is 19.9 Å². The standard InChI is InChI=1S/C7H8N4S2/c1-8-7(5-3-12-4-9-5)6-2-10-11-13-6/h2-4,7-8H,1H3. The van der Waals surface area contributed by atoms with E-state index < -0.39 is 0 Å². The van der Waals surface area contributed by atoms with Crippen LogP contribution in [-0.4, -0.2) is 21.6 Å². The van der Waals surface area contributed by atoms with Crippen LogP contribution in [-0.2, 0) is 0 Å². The molecule has 2 aromatic rings. The molecule has 6 heteroatoms. The van der Waals surface area contributed by atoms with Gasteiger partial charge in [-0.3, -0.25) is 0 Å². The Balaban J connectivity index is 2.29. The van der Waals surface area contributed by atoms with Gasteiger partial charge in [-0.25, -0.2) is 4.98 Å². The number of hydrogen-bond donors (Lipinski definition) is 1. The molecule has 0 amide bonds. The maximum atomic E-state index is 4.25. The average Bonchev–Trinajstić information content (AvgIpc) is 2.76. The molecule has 13 heavy (non-hydrogen) atoms. The summed E-state index contributed by atoms with van der Waals surface area (Å²) in [6.45, 7) is 0. The fourth-order valence-electron chi connectivity index (χ4n) is 1.10. The number of hydrogen-bond acceptors (Lipinski definition) is 6. The summed E-state index contributed by atoms with van der Waals surface area (Å²) in [6.07, 6.45) is 1.77. The minimum absolute atomic E-state index is 0.131. The highest BCUT2D eigenvalue weighted by atomic mass is 32.1. The Morgan fingerprint density at radius 3 is 3.00 bits per heavy atom. The van der Waals surface area contributed by atoms with Crippen LogP contribution in [0.3, 0.4) is 0 Å². The first-order valence-electron chi connectivity index (χ1n) is 3.74. The summed E-state index contributed by atoms with van der Waals surface area (Å²) in [5, 5.41) is 9.02. The molecule has 0 spiro atoms. The first-order valence-corrected chi connectivity index (χ1v) is 5.46. The Hall–Kier alpha value is -0.850. The van der Waals surface area contributed by atoms with Crippen LogP contribution in [0.5, 0.6) is 0 Å². The molecule has 1 unspecified atom stereocenters. The summed E-state index contributed by atoms with van der Waals surface area (Å²) < 4.78 is 3.83. The lowest BCUT2D eigenvalue weighted by Crippen LogP contribution is -2.16. The van der Waals surface area contributed by atoms with Crippen molar-refractivity contribution in [1.29, 1.82) is 0 Å². The predicted molar refractivity (Wildman–Crippen MR) is 52.9 cm³/mol. The van der Waals surface area contributed by atoms with Crippen LogP contribution in [0.4, 0.5) is 0 Å². The number of thiazole rings is 1. The van der Waals surface area contributed by atoms with Crippen molar-refractivity contribution in [2.24, 2.45) is 0 Å². The second kappa shape index (κ2) is 3.91. The minimum atomic E-state index is 0.131. The Morgan fingerprint density at radius 1 is 1.54 bits per heavy atom. The van der Waals surface area contributed by atoms with E-state index in [4.69, 9.17) is 0 Å². The lowest BCUT2D eigenvalue weighted by atomic mass is 10.2. The Morgan fingerprint density at radius 2 is 2.46 bits per heavy atom. The third-order valence-corrected chi connectivity index (χ3v) is 3.03. The smallest absolute Gasteiger partial charge is 0.0883 e. The summed E-state index contributed by atoms with van der Waals surface area (Å²) >= 11 is 2.99. The lowest BCUT2D eigenvalue weighted by molar-refractivity contribution is 0.685. The van der Waals surface area contributed by atoms with Gasteiger partial charge in [0.05, 0.1) is 28.3 Å².